The molecule has 0 aliphatic carbocycles. The second kappa shape index (κ2) is 7.32. The number of carbonyl (C=O) groups excluding carboxylic acids is 2. The fourth-order valence-corrected chi connectivity index (χ4v) is 3.58. The van der Waals surface area contributed by atoms with Gasteiger partial charge in [-0.15, -0.1) is 0 Å². The van der Waals surface area contributed by atoms with Gasteiger partial charge >= 0.3 is 0 Å². The molecule has 0 N–H and O–H groups in total. The minimum Gasteiger partial charge on any atom is -0.342 e. The largest absolute Gasteiger partial charge is 0.342 e. The molecule has 24 heavy (non-hydrogen) atoms. The van der Waals surface area contributed by atoms with Crippen molar-refractivity contribution in [2.24, 2.45) is 0 Å². The van der Waals surface area contributed by atoms with Crippen molar-refractivity contribution >= 4 is 11.8 Å². The second-order valence-electron chi connectivity index (χ2n) is 6.83. The highest BCUT2D eigenvalue weighted by molar-refractivity contribution is 5.86. The molecule has 2 heterocycles. The van der Waals surface area contributed by atoms with Crippen LogP contribution < -0.4 is 0 Å². The van der Waals surface area contributed by atoms with Crippen molar-refractivity contribution in [1.82, 2.24) is 9.80 Å². The first-order valence-corrected chi connectivity index (χ1v) is 8.88. The topological polar surface area (TPSA) is 40.6 Å². The fraction of sp³-hybridized carbons (Fsp3) is 0.579. The normalized spacial score (nSPS) is 20.2. The van der Waals surface area contributed by atoms with E-state index in [0.29, 0.717) is 39.0 Å². The van der Waals surface area contributed by atoms with Crippen molar-refractivity contribution in [3.05, 3.63) is 35.9 Å². The van der Waals surface area contributed by atoms with Gasteiger partial charge in [0.1, 0.15) is 0 Å². The van der Waals surface area contributed by atoms with Crippen LogP contribution in [0.5, 0.6) is 0 Å². The highest BCUT2D eigenvalue weighted by Gasteiger charge is 2.45. The first-order chi connectivity index (χ1) is 11.6. The summed E-state index contributed by atoms with van der Waals surface area (Å²) < 4.78 is 15.0. The van der Waals surface area contributed by atoms with Crippen LogP contribution in [0.3, 0.4) is 0 Å². The van der Waals surface area contributed by atoms with E-state index in [2.05, 4.69) is 0 Å². The number of rotatable bonds is 4. The van der Waals surface area contributed by atoms with Crippen LogP contribution in [0.4, 0.5) is 4.39 Å². The number of benzene rings is 1. The zero-order valence-electron chi connectivity index (χ0n) is 14.0. The molecule has 2 aliphatic heterocycles. The number of amides is 2. The van der Waals surface area contributed by atoms with E-state index in [1.165, 1.54) is 0 Å². The Kier molecular flexibility index (Phi) is 5.17. The Bertz CT molecular complexity index is 576. The van der Waals surface area contributed by atoms with Gasteiger partial charge in [-0.2, -0.15) is 0 Å². The Balaban J connectivity index is 1.49. The molecule has 0 unspecified atom stereocenters. The Morgan fingerprint density at radius 1 is 0.958 bits per heavy atom. The van der Waals surface area contributed by atoms with Crippen LogP contribution in [0.25, 0.3) is 0 Å². The summed E-state index contributed by atoms with van der Waals surface area (Å²) in [5, 5.41) is 0. The molecular weight excluding hydrogens is 307 g/mol. The Labute approximate surface area is 142 Å². The minimum atomic E-state index is -1.78. The molecule has 0 bridgehead atoms. The van der Waals surface area contributed by atoms with E-state index < -0.39 is 5.67 Å². The van der Waals surface area contributed by atoms with Gasteiger partial charge in [0.15, 0.2) is 5.67 Å². The van der Waals surface area contributed by atoms with Crippen LogP contribution in [0.2, 0.25) is 0 Å². The number of likely N-dealkylation sites (tertiary alicyclic amines) is 2. The smallest absolute Gasteiger partial charge is 0.260 e. The van der Waals surface area contributed by atoms with E-state index in [9.17, 15) is 14.0 Å². The van der Waals surface area contributed by atoms with Gasteiger partial charge < -0.3 is 9.80 Å². The fourth-order valence-electron chi connectivity index (χ4n) is 3.58. The molecule has 4 nitrogen and oxygen atoms in total. The number of hydrogen-bond donors (Lipinski definition) is 0. The number of carbonyl (C=O) groups is 2. The molecule has 0 spiro atoms. The first-order valence-electron chi connectivity index (χ1n) is 8.88. The maximum Gasteiger partial charge on any atom is 0.260 e. The Morgan fingerprint density at radius 2 is 1.58 bits per heavy atom. The molecule has 0 aromatic heterocycles. The lowest BCUT2D eigenvalue weighted by Gasteiger charge is -2.37. The summed E-state index contributed by atoms with van der Waals surface area (Å²) in [5.74, 6) is -0.314. The average molecular weight is 332 g/mol. The molecule has 5 heteroatoms. The standard InChI is InChI=1S/C19H25FN2O2/c20-19(18(24)22-12-4-5-13-22)10-14-21(15-11-19)17(23)9-8-16-6-2-1-3-7-16/h1-3,6-7H,4-5,8-15H2. The number of piperidine rings is 1. The highest BCUT2D eigenvalue weighted by Crippen LogP contribution is 2.30. The van der Waals surface area contributed by atoms with Crippen LogP contribution in [-0.4, -0.2) is 53.5 Å². The lowest BCUT2D eigenvalue weighted by molar-refractivity contribution is -0.149. The van der Waals surface area contributed by atoms with E-state index >= 15 is 0 Å². The van der Waals surface area contributed by atoms with Gasteiger partial charge in [-0.25, -0.2) is 4.39 Å². The van der Waals surface area contributed by atoms with Gasteiger partial charge in [-0.05, 0) is 24.8 Å². The molecule has 2 aliphatic rings. The summed E-state index contributed by atoms with van der Waals surface area (Å²) in [6.07, 6.45) is 3.31. The van der Waals surface area contributed by atoms with Crippen LogP contribution in [0.1, 0.15) is 37.7 Å². The highest BCUT2D eigenvalue weighted by atomic mass is 19.1. The summed E-state index contributed by atoms with van der Waals surface area (Å²) in [6.45, 7) is 2.02. The van der Waals surface area contributed by atoms with Crippen molar-refractivity contribution in [2.75, 3.05) is 26.2 Å². The Hall–Kier alpha value is -1.91. The lowest BCUT2D eigenvalue weighted by Crippen LogP contribution is -2.52. The molecular formula is C19H25FN2O2. The molecule has 130 valence electrons. The number of halogens is 1. The maximum absolute atomic E-state index is 15.0. The summed E-state index contributed by atoms with van der Waals surface area (Å²) in [4.78, 5) is 28.0. The van der Waals surface area contributed by atoms with Gasteiger partial charge in [0.05, 0.1) is 0 Å². The van der Waals surface area contributed by atoms with Gasteiger partial charge in [0.25, 0.3) is 5.91 Å². The van der Waals surface area contributed by atoms with Crippen molar-refractivity contribution in [3.8, 4) is 0 Å². The number of aryl methyl sites for hydroxylation is 1. The van der Waals surface area contributed by atoms with Gasteiger partial charge in [0, 0.05) is 45.4 Å². The third-order valence-corrected chi connectivity index (χ3v) is 5.16. The number of alkyl halides is 1. The number of hydrogen-bond acceptors (Lipinski definition) is 2. The van der Waals surface area contributed by atoms with Gasteiger partial charge in [0.2, 0.25) is 5.91 Å². The van der Waals surface area contributed by atoms with Gasteiger partial charge in [-0.1, -0.05) is 30.3 Å². The molecule has 2 saturated heterocycles. The van der Waals surface area contributed by atoms with E-state index in [1.807, 2.05) is 30.3 Å². The quantitative estimate of drug-likeness (QED) is 0.850. The monoisotopic (exact) mass is 332 g/mol. The molecule has 1 aromatic carbocycles. The zero-order valence-corrected chi connectivity index (χ0v) is 14.0. The summed E-state index contributed by atoms with van der Waals surface area (Å²) in [7, 11) is 0. The van der Waals surface area contributed by atoms with E-state index in [4.69, 9.17) is 0 Å². The summed E-state index contributed by atoms with van der Waals surface area (Å²) in [6, 6.07) is 9.88. The van der Waals surface area contributed by atoms with Crippen molar-refractivity contribution in [3.63, 3.8) is 0 Å². The molecule has 0 atom stereocenters. The third-order valence-electron chi connectivity index (χ3n) is 5.16. The predicted octanol–water partition coefficient (Wildman–Crippen LogP) is 2.57. The van der Waals surface area contributed by atoms with Crippen molar-refractivity contribution < 1.29 is 14.0 Å². The van der Waals surface area contributed by atoms with E-state index in [-0.39, 0.29) is 24.7 Å². The van der Waals surface area contributed by atoms with Crippen molar-refractivity contribution in [1.29, 1.82) is 0 Å². The lowest BCUT2D eigenvalue weighted by atomic mass is 9.91. The predicted molar refractivity (Wildman–Crippen MR) is 90.2 cm³/mol. The molecule has 3 rings (SSSR count). The summed E-state index contributed by atoms with van der Waals surface area (Å²) >= 11 is 0. The summed E-state index contributed by atoms with van der Waals surface area (Å²) in [5.41, 5.74) is -0.646. The molecule has 2 fully saturated rings. The molecule has 2 amide bonds. The van der Waals surface area contributed by atoms with E-state index in [1.54, 1.807) is 9.80 Å². The minimum absolute atomic E-state index is 0.0505. The van der Waals surface area contributed by atoms with E-state index in [0.717, 1.165) is 18.4 Å². The molecule has 0 radical (unpaired) electrons. The third kappa shape index (κ3) is 3.77. The maximum atomic E-state index is 15.0. The second-order valence-corrected chi connectivity index (χ2v) is 6.83. The number of nitrogens with zero attached hydrogens (tertiary/aromatic N) is 2. The van der Waals surface area contributed by atoms with Crippen LogP contribution >= 0.6 is 0 Å². The molecule has 0 saturated carbocycles. The van der Waals surface area contributed by atoms with Crippen LogP contribution in [0.15, 0.2) is 30.3 Å². The Morgan fingerprint density at radius 3 is 2.21 bits per heavy atom. The molecule has 1 aromatic rings. The van der Waals surface area contributed by atoms with Crippen molar-refractivity contribution in [2.45, 2.75) is 44.2 Å². The van der Waals surface area contributed by atoms with Gasteiger partial charge in [-0.3, -0.25) is 9.59 Å². The average Bonchev–Trinajstić information content (AvgIpc) is 3.15. The first kappa shape index (κ1) is 16.9. The van der Waals surface area contributed by atoms with Crippen LogP contribution in [-0.2, 0) is 16.0 Å². The van der Waals surface area contributed by atoms with Crippen LogP contribution in [0, 0.1) is 0 Å². The SMILES string of the molecule is O=C(CCc1ccccc1)N1CCC(F)(C(=O)N2CCCC2)CC1. The zero-order chi connectivity index (χ0) is 17.0.